The standard InChI is InChI=1S/C6H15NO3.CH2O3.Na.H/c8-4-1-7(2-5-9)3-6-10;2-1(3)4;;/h8-10H,1-6H2;(H2,2,3,4);;. The third-order valence-electron chi connectivity index (χ3n) is 1.25. The average Bonchev–Trinajstić information content (AvgIpc) is 2.04. The third kappa shape index (κ3) is 24.9. The van der Waals surface area contributed by atoms with Gasteiger partial charge in [-0.25, -0.2) is 4.79 Å². The van der Waals surface area contributed by atoms with Gasteiger partial charge in [-0.1, -0.05) is 0 Å². The number of rotatable bonds is 6. The molecular formula is C7H18NNaO6. The van der Waals surface area contributed by atoms with Crippen molar-refractivity contribution < 1.29 is 30.3 Å². The van der Waals surface area contributed by atoms with Crippen LogP contribution in [0.2, 0.25) is 0 Å². The second-order valence-corrected chi connectivity index (χ2v) is 2.30. The Morgan fingerprint density at radius 1 is 0.867 bits per heavy atom. The van der Waals surface area contributed by atoms with Crippen molar-refractivity contribution in [2.45, 2.75) is 0 Å². The zero-order chi connectivity index (χ0) is 11.4. The molecule has 0 aromatic carbocycles. The Hall–Kier alpha value is 0.110. The molecule has 0 atom stereocenters. The number of aliphatic hydroxyl groups excluding tert-OH is 3. The molecular weight excluding hydrogens is 217 g/mol. The Morgan fingerprint density at radius 3 is 1.20 bits per heavy atom. The normalized spacial score (nSPS) is 8.80. The molecule has 0 aliphatic rings. The van der Waals surface area contributed by atoms with Gasteiger partial charge in [0.1, 0.15) is 0 Å². The van der Waals surface area contributed by atoms with E-state index in [1.165, 1.54) is 0 Å². The van der Waals surface area contributed by atoms with Crippen LogP contribution in [0.4, 0.5) is 4.79 Å². The Kier molecular flexibility index (Phi) is 22.6. The fourth-order valence-corrected chi connectivity index (χ4v) is 0.760. The van der Waals surface area contributed by atoms with Crippen LogP contribution in [0, 0.1) is 0 Å². The summed E-state index contributed by atoms with van der Waals surface area (Å²) in [4.78, 5) is 10.3. The van der Waals surface area contributed by atoms with E-state index in [9.17, 15) is 0 Å². The summed E-state index contributed by atoms with van der Waals surface area (Å²) in [6.07, 6.45) is -1.83. The minimum atomic E-state index is -1.83. The van der Waals surface area contributed by atoms with Crippen LogP contribution in [0.15, 0.2) is 0 Å². The van der Waals surface area contributed by atoms with Gasteiger partial charge in [-0.2, -0.15) is 0 Å². The summed E-state index contributed by atoms with van der Waals surface area (Å²) in [5.41, 5.74) is 0. The molecule has 0 radical (unpaired) electrons. The molecule has 88 valence electrons. The summed E-state index contributed by atoms with van der Waals surface area (Å²) in [5.74, 6) is 0. The predicted molar refractivity (Wildman–Crippen MR) is 55.5 cm³/mol. The van der Waals surface area contributed by atoms with Crippen LogP contribution in [0.1, 0.15) is 0 Å². The molecule has 0 fully saturated rings. The summed E-state index contributed by atoms with van der Waals surface area (Å²) in [6.45, 7) is 1.75. The second kappa shape index (κ2) is 16.5. The van der Waals surface area contributed by atoms with E-state index in [2.05, 4.69) is 0 Å². The average molecular weight is 235 g/mol. The zero-order valence-corrected chi connectivity index (χ0v) is 7.83. The third-order valence-corrected chi connectivity index (χ3v) is 1.25. The minimum absolute atomic E-state index is 0. The van der Waals surface area contributed by atoms with Crippen LogP contribution < -0.4 is 0 Å². The van der Waals surface area contributed by atoms with Crippen molar-refractivity contribution in [3.05, 3.63) is 0 Å². The monoisotopic (exact) mass is 235 g/mol. The van der Waals surface area contributed by atoms with E-state index in [4.69, 9.17) is 30.3 Å². The molecule has 0 saturated heterocycles. The van der Waals surface area contributed by atoms with Crippen LogP contribution in [0.5, 0.6) is 0 Å². The summed E-state index contributed by atoms with van der Waals surface area (Å²) in [6, 6.07) is 0. The fraction of sp³-hybridized carbons (Fsp3) is 0.857. The predicted octanol–water partition coefficient (Wildman–Crippen LogP) is -2.16. The summed E-state index contributed by atoms with van der Waals surface area (Å²) >= 11 is 0. The van der Waals surface area contributed by atoms with Crippen LogP contribution in [0.25, 0.3) is 0 Å². The first-order chi connectivity index (χ1) is 6.58. The Balaban J connectivity index is -0.000000249. The van der Waals surface area contributed by atoms with Gasteiger partial charge in [0.2, 0.25) is 0 Å². The Morgan fingerprint density at radius 2 is 1.07 bits per heavy atom. The summed E-state index contributed by atoms with van der Waals surface area (Å²) in [5, 5.41) is 39.4. The maximum atomic E-state index is 8.56. The molecule has 0 unspecified atom stereocenters. The van der Waals surface area contributed by atoms with Crippen molar-refractivity contribution in [2.24, 2.45) is 0 Å². The molecule has 0 aromatic heterocycles. The van der Waals surface area contributed by atoms with Gasteiger partial charge < -0.3 is 25.5 Å². The van der Waals surface area contributed by atoms with Crippen LogP contribution in [-0.4, -0.2) is 106 Å². The number of hydrogen-bond acceptors (Lipinski definition) is 5. The fourth-order valence-electron chi connectivity index (χ4n) is 0.760. The zero-order valence-electron chi connectivity index (χ0n) is 7.83. The first-order valence-corrected chi connectivity index (χ1v) is 4.05. The Bertz CT molecular complexity index is 118. The number of aliphatic hydroxyl groups is 3. The van der Waals surface area contributed by atoms with Gasteiger partial charge >= 0.3 is 35.7 Å². The van der Waals surface area contributed by atoms with Gasteiger partial charge in [0.15, 0.2) is 0 Å². The molecule has 0 rings (SSSR count). The molecule has 0 aromatic rings. The quantitative estimate of drug-likeness (QED) is 0.332. The molecule has 5 N–H and O–H groups in total. The number of hydrogen-bond donors (Lipinski definition) is 5. The van der Waals surface area contributed by atoms with Crippen LogP contribution in [-0.2, 0) is 0 Å². The molecule has 15 heavy (non-hydrogen) atoms. The first kappa shape index (κ1) is 20.5. The maximum absolute atomic E-state index is 8.56. The van der Waals surface area contributed by atoms with E-state index in [1.54, 1.807) is 4.90 Å². The van der Waals surface area contributed by atoms with Crippen molar-refractivity contribution >= 4 is 35.7 Å². The number of nitrogens with zero attached hydrogens (tertiary/aromatic N) is 1. The molecule has 0 bridgehead atoms. The van der Waals surface area contributed by atoms with Crippen molar-refractivity contribution in [3.63, 3.8) is 0 Å². The van der Waals surface area contributed by atoms with Crippen molar-refractivity contribution in [3.8, 4) is 0 Å². The van der Waals surface area contributed by atoms with Gasteiger partial charge in [0.05, 0.1) is 19.8 Å². The van der Waals surface area contributed by atoms with E-state index in [0.29, 0.717) is 19.6 Å². The molecule has 0 amide bonds. The van der Waals surface area contributed by atoms with Gasteiger partial charge in [-0.15, -0.1) is 0 Å². The van der Waals surface area contributed by atoms with E-state index in [1.807, 2.05) is 0 Å². The van der Waals surface area contributed by atoms with Gasteiger partial charge in [0, 0.05) is 19.6 Å². The van der Waals surface area contributed by atoms with Crippen molar-refractivity contribution in [2.75, 3.05) is 39.5 Å². The summed E-state index contributed by atoms with van der Waals surface area (Å²) in [7, 11) is 0. The van der Waals surface area contributed by atoms with Crippen LogP contribution in [0.3, 0.4) is 0 Å². The number of carbonyl (C=O) groups is 1. The molecule has 0 spiro atoms. The number of carboxylic acid groups (broad SMARTS) is 2. The Labute approximate surface area is 110 Å². The van der Waals surface area contributed by atoms with Gasteiger partial charge in [0.25, 0.3) is 0 Å². The van der Waals surface area contributed by atoms with E-state index >= 15 is 0 Å². The van der Waals surface area contributed by atoms with E-state index in [-0.39, 0.29) is 49.4 Å². The molecule has 0 heterocycles. The molecule has 0 aliphatic heterocycles. The van der Waals surface area contributed by atoms with E-state index < -0.39 is 6.16 Å². The summed E-state index contributed by atoms with van der Waals surface area (Å²) < 4.78 is 0. The van der Waals surface area contributed by atoms with Crippen LogP contribution >= 0.6 is 0 Å². The molecule has 7 nitrogen and oxygen atoms in total. The molecule has 0 saturated carbocycles. The van der Waals surface area contributed by atoms with E-state index in [0.717, 1.165) is 0 Å². The van der Waals surface area contributed by atoms with Crippen molar-refractivity contribution in [1.82, 2.24) is 4.90 Å². The van der Waals surface area contributed by atoms with Crippen molar-refractivity contribution in [1.29, 1.82) is 0 Å². The van der Waals surface area contributed by atoms with Gasteiger partial charge in [-0.3, -0.25) is 4.90 Å². The molecule has 8 heteroatoms. The molecule has 0 aliphatic carbocycles. The SMILES string of the molecule is O=C(O)O.OCCN(CCO)CCO.[NaH]. The topological polar surface area (TPSA) is 121 Å². The second-order valence-electron chi connectivity index (χ2n) is 2.30. The van der Waals surface area contributed by atoms with Gasteiger partial charge in [-0.05, 0) is 0 Å². The first-order valence-electron chi connectivity index (χ1n) is 4.05.